The van der Waals surface area contributed by atoms with Gasteiger partial charge in [0.05, 0.1) is 6.26 Å². The van der Waals surface area contributed by atoms with Gasteiger partial charge in [0, 0.05) is 10.8 Å². The van der Waals surface area contributed by atoms with Crippen LogP contribution in [0.15, 0.2) is 23.0 Å². The van der Waals surface area contributed by atoms with Crippen molar-refractivity contribution in [2.45, 2.75) is 0 Å². The molecule has 1 aliphatic heterocycles. The molecule has 0 aliphatic carbocycles. The fraction of sp³-hybridized carbons (Fsp3) is 0. The number of ether oxygens (including phenoxy) is 1. The molecule has 0 saturated heterocycles. The van der Waals surface area contributed by atoms with E-state index in [0.717, 1.165) is 0 Å². The number of amides is 1. The van der Waals surface area contributed by atoms with Gasteiger partial charge in [-0.2, -0.15) is 0 Å². The van der Waals surface area contributed by atoms with Crippen LogP contribution in [0.2, 0.25) is 0 Å². The number of nitrogens with one attached hydrogen (secondary N) is 1. The lowest BCUT2D eigenvalue weighted by Gasteiger charge is -2.05. The molecule has 0 atom stereocenters. The zero-order valence-electron chi connectivity index (χ0n) is 4.53. The summed E-state index contributed by atoms with van der Waals surface area (Å²) in [5, 5.41) is 5.85. The summed E-state index contributed by atoms with van der Waals surface area (Å²) >= 11 is 1.45. The van der Waals surface area contributed by atoms with E-state index in [-0.39, 0.29) is 0 Å². The number of rotatable bonds is 2. The van der Waals surface area contributed by atoms with Crippen LogP contribution in [0.3, 0.4) is 0 Å². The lowest BCUT2D eigenvalue weighted by molar-refractivity contribution is -0.109. The Morgan fingerprint density at radius 3 is 3.22 bits per heavy atom. The van der Waals surface area contributed by atoms with Crippen molar-refractivity contribution in [3.63, 3.8) is 0 Å². The molecule has 0 aromatic rings. The molecule has 1 aliphatic rings. The molecule has 0 fully saturated rings. The number of carbonyl (C=O) groups excluding carboxylic acids is 1. The Hall–Kier alpha value is -0.900. The molecule has 9 heavy (non-hydrogen) atoms. The molecular weight excluding hydrogens is 138 g/mol. The van der Waals surface area contributed by atoms with E-state index in [9.17, 15) is 4.79 Å². The summed E-state index contributed by atoms with van der Waals surface area (Å²) in [6.45, 7) is 0. The molecular formula is C5H5NO2S. The van der Waals surface area contributed by atoms with Gasteiger partial charge >= 0.3 is 0 Å². The number of hydrogen-bond acceptors (Lipinski definition) is 3. The highest BCUT2D eigenvalue weighted by Gasteiger charge is 1.95. The van der Waals surface area contributed by atoms with Gasteiger partial charge in [-0.15, -0.1) is 0 Å². The van der Waals surface area contributed by atoms with Crippen LogP contribution < -0.4 is 5.32 Å². The van der Waals surface area contributed by atoms with Crippen LogP contribution in [0, 0.1) is 0 Å². The summed E-state index contributed by atoms with van der Waals surface area (Å²) in [7, 11) is 0. The minimum absolute atomic E-state index is 0.470. The van der Waals surface area contributed by atoms with Gasteiger partial charge in [0.2, 0.25) is 12.3 Å². The average Bonchev–Trinajstić information content (AvgIpc) is 1.91. The maximum Gasteiger partial charge on any atom is 0.213 e. The Bertz CT molecular complexity index is 160. The van der Waals surface area contributed by atoms with Gasteiger partial charge < -0.3 is 4.74 Å². The third kappa shape index (κ3) is 1.81. The molecule has 0 bridgehead atoms. The molecule has 1 heterocycles. The normalized spacial score (nSPS) is 15.8. The maximum absolute atomic E-state index is 9.81. The van der Waals surface area contributed by atoms with Crippen molar-refractivity contribution in [1.82, 2.24) is 5.32 Å². The standard InChI is InChI=1S/C5H5NO2S/c7-4-6-5-3-9-2-1-8-5/h1-4H,(H,6,7). The van der Waals surface area contributed by atoms with Crippen molar-refractivity contribution in [2.75, 3.05) is 0 Å². The van der Waals surface area contributed by atoms with Crippen LogP contribution in [-0.4, -0.2) is 6.41 Å². The van der Waals surface area contributed by atoms with Crippen molar-refractivity contribution in [2.24, 2.45) is 0 Å². The fourth-order valence-corrected chi connectivity index (χ4v) is 0.834. The first-order valence-electron chi connectivity index (χ1n) is 2.31. The molecule has 0 radical (unpaired) electrons. The first-order valence-corrected chi connectivity index (χ1v) is 3.25. The van der Waals surface area contributed by atoms with Gasteiger partial charge in [-0.3, -0.25) is 10.1 Å². The van der Waals surface area contributed by atoms with Gasteiger partial charge in [-0.1, -0.05) is 11.8 Å². The third-order valence-corrected chi connectivity index (χ3v) is 1.32. The molecule has 0 aromatic carbocycles. The second-order valence-electron chi connectivity index (χ2n) is 1.27. The van der Waals surface area contributed by atoms with Crippen molar-refractivity contribution in [3.05, 3.63) is 23.0 Å². The second-order valence-corrected chi connectivity index (χ2v) is 2.05. The molecule has 0 unspecified atom stereocenters. The molecule has 0 aromatic heterocycles. The lowest BCUT2D eigenvalue weighted by atomic mass is 10.8. The zero-order chi connectivity index (χ0) is 6.53. The van der Waals surface area contributed by atoms with Crippen LogP contribution in [0.1, 0.15) is 0 Å². The Morgan fingerprint density at radius 1 is 1.78 bits per heavy atom. The fourth-order valence-electron chi connectivity index (χ4n) is 0.388. The van der Waals surface area contributed by atoms with Crippen LogP contribution in [-0.2, 0) is 9.53 Å². The molecule has 4 heteroatoms. The van der Waals surface area contributed by atoms with Gasteiger partial charge in [0.15, 0.2) is 0 Å². The molecule has 48 valence electrons. The van der Waals surface area contributed by atoms with Crippen LogP contribution in [0.4, 0.5) is 0 Å². The van der Waals surface area contributed by atoms with Crippen LogP contribution >= 0.6 is 11.8 Å². The predicted octanol–water partition coefficient (Wildman–Crippen LogP) is 0.766. The molecule has 1 rings (SSSR count). The number of hydrogen-bond donors (Lipinski definition) is 1. The summed E-state index contributed by atoms with van der Waals surface area (Å²) in [6.07, 6.45) is 2.09. The predicted molar refractivity (Wildman–Crippen MR) is 35.1 cm³/mol. The Morgan fingerprint density at radius 2 is 2.67 bits per heavy atom. The smallest absolute Gasteiger partial charge is 0.213 e. The summed E-state index contributed by atoms with van der Waals surface area (Å²) in [5.74, 6) is 0.470. The van der Waals surface area contributed by atoms with E-state index >= 15 is 0 Å². The van der Waals surface area contributed by atoms with Crippen LogP contribution in [0.25, 0.3) is 0 Å². The number of carbonyl (C=O) groups is 1. The summed E-state index contributed by atoms with van der Waals surface area (Å²) < 4.78 is 4.84. The SMILES string of the molecule is O=CNC1=CSC=CO1. The van der Waals surface area contributed by atoms with E-state index in [1.807, 2.05) is 0 Å². The van der Waals surface area contributed by atoms with Gasteiger partial charge in [-0.25, -0.2) is 0 Å². The number of thioether (sulfide) groups is 1. The average molecular weight is 143 g/mol. The highest BCUT2D eigenvalue weighted by molar-refractivity contribution is 8.04. The van der Waals surface area contributed by atoms with E-state index in [1.54, 1.807) is 10.8 Å². The van der Waals surface area contributed by atoms with Crippen LogP contribution in [0.5, 0.6) is 0 Å². The molecule has 1 amide bonds. The van der Waals surface area contributed by atoms with Crippen molar-refractivity contribution >= 4 is 18.2 Å². The highest BCUT2D eigenvalue weighted by atomic mass is 32.2. The van der Waals surface area contributed by atoms with E-state index in [0.29, 0.717) is 12.3 Å². The van der Waals surface area contributed by atoms with E-state index in [2.05, 4.69) is 5.32 Å². The molecule has 0 spiro atoms. The quantitative estimate of drug-likeness (QED) is 0.580. The van der Waals surface area contributed by atoms with Gasteiger partial charge in [0.1, 0.15) is 0 Å². The van der Waals surface area contributed by atoms with E-state index in [1.165, 1.54) is 18.0 Å². The Labute approximate surface area is 56.8 Å². The van der Waals surface area contributed by atoms with Crippen molar-refractivity contribution < 1.29 is 9.53 Å². The highest BCUT2D eigenvalue weighted by Crippen LogP contribution is 2.13. The van der Waals surface area contributed by atoms with Gasteiger partial charge in [0.25, 0.3) is 0 Å². The third-order valence-electron chi connectivity index (χ3n) is 0.705. The van der Waals surface area contributed by atoms with Crippen molar-refractivity contribution in [3.8, 4) is 0 Å². The molecule has 3 nitrogen and oxygen atoms in total. The molecule has 0 saturated carbocycles. The second kappa shape index (κ2) is 3.19. The van der Waals surface area contributed by atoms with E-state index < -0.39 is 0 Å². The largest absolute Gasteiger partial charge is 0.447 e. The first kappa shape index (κ1) is 6.22. The molecule has 1 N–H and O–H groups in total. The summed E-state index contributed by atoms with van der Waals surface area (Å²) in [6, 6.07) is 0. The minimum atomic E-state index is 0.470. The Balaban J connectivity index is 2.40. The summed E-state index contributed by atoms with van der Waals surface area (Å²) in [4.78, 5) is 9.81. The summed E-state index contributed by atoms with van der Waals surface area (Å²) in [5.41, 5.74) is 0. The van der Waals surface area contributed by atoms with E-state index in [4.69, 9.17) is 4.74 Å². The first-order chi connectivity index (χ1) is 4.43. The lowest BCUT2D eigenvalue weighted by Crippen LogP contribution is -2.11. The van der Waals surface area contributed by atoms with Crippen molar-refractivity contribution in [1.29, 1.82) is 0 Å². The monoisotopic (exact) mass is 143 g/mol. The maximum atomic E-state index is 9.81. The zero-order valence-corrected chi connectivity index (χ0v) is 5.35. The van der Waals surface area contributed by atoms with Gasteiger partial charge in [-0.05, 0) is 0 Å². The minimum Gasteiger partial charge on any atom is -0.447 e. The topological polar surface area (TPSA) is 38.3 Å². The Kier molecular flexibility index (Phi) is 2.21.